The number of piperazine rings is 1. The van der Waals surface area contributed by atoms with Gasteiger partial charge in [0.05, 0.1) is 30.7 Å². The highest BCUT2D eigenvalue weighted by molar-refractivity contribution is 7.92. The van der Waals surface area contributed by atoms with Crippen molar-refractivity contribution >= 4 is 39.3 Å². The van der Waals surface area contributed by atoms with Crippen LogP contribution in [0.5, 0.6) is 5.75 Å². The number of benzene rings is 1. The number of anilines is 1. The summed E-state index contributed by atoms with van der Waals surface area (Å²) in [5.41, 5.74) is 0.268. The van der Waals surface area contributed by atoms with Crippen LogP contribution in [0, 0.1) is 0 Å². The first-order chi connectivity index (χ1) is 13.6. The van der Waals surface area contributed by atoms with Crippen molar-refractivity contribution in [2.45, 2.75) is 19.9 Å². The number of sulfonamides is 1. The van der Waals surface area contributed by atoms with Gasteiger partial charge in [0.15, 0.2) is 0 Å². The van der Waals surface area contributed by atoms with E-state index in [1.54, 1.807) is 17.9 Å². The van der Waals surface area contributed by atoms with E-state index in [-0.39, 0.29) is 23.2 Å². The van der Waals surface area contributed by atoms with E-state index in [1.165, 1.54) is 31.1 Å². The van der Waals surface area contributed by atoms with Gasteiger partial charge in [-0.3, -0.25) is 9.10 Å². The van der Waals surface area contributed by atoms with Crippen LogP contribution in [0.15, 0.2) is 18.2 Å². The zero-order valence-corrected chi connectivity index (χ0v) is 18.5. The SMILES string of the molecule is CCOC(=O)N1CCN(C(=O)[C@@H](C)N(c2ccc(OC)c(Cl)c2)S(C)(=O)=O)CC1. The first kappa shape index (κ1) is 23.1. The molecule has 1 heterocycles. The van der Waals surface area contributed by atoms with Gasteiger partial charge in [0.2, 0.25) is 15.9 Å². The van der Waals surface area contributed by atoms with E-state index in [4.69, 9.17) is 21.1 Å². The molecule has 1 aliphatic rings. The second-order valence-corrected chi connectivity index (χ2v) is 8.83. The molecular weight excluding hydrogens is 422 g/mol. The minimum absolute atomic E-state index is 0.237. The molecule has 11 heteroatoms. The highest BCUT2D eigenvalue weighted by Crippen LogP contribution is 2.31. The lowest BCUT2D eigenvalue weighted by molar-refractivity contribution is -0.133. The summed E-state index contributed by atoms with van der Waals surface area (Å²) in [6, 6.07) is 3.55. The van der Waals surface area contributed by atoms with E-state index in [9.17, 15) is 18.0 Å². The van der Waals surface area contributed by atoms with Gasteiger partial charge in [-0.05, 0) is 32.0 Å². The van der Waals surface area contributed by atoms with Gasteiger partial charge in [-0.2, -0.15) is 0 Å². The van der Waals surface area contributed by atoms with Crippen LogP contribution < -0.4 is 9.04 Å². The number of rotatable bonds is 6. The number of nitrogens with zero attached hydrogens (tertiary/aromatic N) is 3. The maximum absolute atomic E-state index is 13.0. The molecule has 1 aliphatic heterocycles. The third-order valence-electron chi connectivity index (χ3n) is 4.57. The molecule has 0 aromatic heterocycles. The van der Waals surface area contributed by atoms with Gasteiger partial charge in [-0.25, -0.2) is 13.2 Å². The van der Waals surface area contributed by atoms with E-state index in [1.807, 2.05) is 0 Å². The van der Waals surface area contributed by atoms with E-state index in [0.717, 1.165) is 10.6 Å². The molecule has 1 fully saturated rings. The molecule has 2 amide bonds. The summed E-state index contributed by atoms with van der Waals surface area (Å²) in [5.74, 6) is 0.0452. The number of hydrogen-bond acceptors (Lipinski definition) is 6. The Bertz CT molecular complexity index is 855. The van der Waals surface area contributed by atoms with Crippen molar-refractivity contribution in [3.05, 3.63) is 23.2 Å². The fourth-order valence-electron chi connectivity index (χ4n) is 3.18. The molecule has 1 aromatic rings. The second kappa shape index (κ2) is 9.53. The van der Waals surface area contributed by atoms with Crippen LogP contribution in [0.25, 0.3) is 0 Å². The molecule has 2 rings (SSSR count). The fourth-order valence-corrected chi connectivity index (χ4v) is 4.60. The molecule has 0 bridgehead atoms. The molecule has 1 atom stereocenters. The van der Waals surface area contributed by atoms with Crippen molar-refractivity contribution in [3.8, 4) is 5.75 Å². The largest absolute Gasteiger partial charge is 0.495 e. The predicted octanol–water partition coefficient (Wildman–Crippen LogP) is 1.80. The minimum atomic E-state index is -3.77. The maximum Gasteiger partial charge on any atom is 0.409 e. The number of ether oxygens (including phenoxy) is 2. The average molecular weight is 448 g/mol. The zero-order chi connectivity index (χ0) is 21.8. The summed E-state index contributed by atoms with van der Waals surface area (Å²) >= 11 is 6.14. The molecule has 0 spiro atoms. The smallest absolute Gasteiger partial charge is 0.409 e. The Balaban J connectivity index is 2.18. The fraction of sp³-hybridized carbons (Fsp3) is 0.556. The lowest BCUT2D eigenvalue weighted by atomic mass is 10.2. The van der Waals surface area contributed by atoms with E-state index in [0.29, 0.717) is 31.9 Å². The third-order valence-corrected chi connectivity index (χ3v) is 6.11. The van der Waals surface area contributed by atoms with Crippen molar-refractivity contribution in [1.29, 1.82) is 0 Å². The Morgan fingerprint density at radius 1 is 1.21 bits per heavy atom. The Morgan fingerprint density at radius 2 is 1.79 bits per heavy atom. The van der Waals surface area contributed by atoms with Gasteiger partial charge in [0.25, 0.3) is 0 Å². The zero-order valence-electron chi connectivity index (χ0n) is 16.9. The average Bonchev–Trinajstić information content (AvgIpc) is 2.67. The minimum Gasteiger partial charge on any atom is -0.495 e. The summed E-state index contributed by atoms with van der Waals surface area (Å²) < 4.78 is 36.0. The first-order valence-electron chi connectivity index (χ1n) is 9.13. The van der Waals surface area contributed by atoms with Crippen LogP contribution >= 0.6 is 11.6 Å². The van der Waals surface area contributed by atoms with Crippen LogP contribution in [0.1, 0.15) is 13.8 Å². The molecule has 1 aromatic carbocycles. The summed E-state index contributed by atoms with van der Waals surface area (Å²) in [7, 11) is -2.31. The Kier molecular flexibility index (Phi) is 7.59. The molecule has 0 aliphatic carbocycles. The van der Waals surface area contributed by atoms with Gasteiger partial charge in [-0.15, -0.1) is 0 Å². The number of halogens is 1. The molecule has 29 heavy (non-hydrogen) atoms. The Hall–Kier alpha value is -2.20. The molecule has 0 radical (unpaired) electrons. The van der Waals surface area contributed by atoms with Crippen molar-refractivity contribution in [1.82, 2.24) is 9.80 Å². The van der Waals surface area contributed by atoms with Gasteiger partial charge in [-0.1, -0.05) is 11.6 Å². The second-order valence-electron chi connectivity index (χ2n) is 6.56. The molecule has 162 valence electrons. The summed E-state index contributed by atoms with van der Waals surface area (Å²) in [4.78, 5) is 27.9. The maximum atomic E-state index is 13.0. The monoisotopic (exact) mass is 447 g/mol. The Labute approximate surface area is 176 Å². The van der Waals surface area contributed by atoms with E-state index >= 15 is 0 Å². The lowest BCUT2D eigenvalue weighted by Crippen LogP contribution is -2.56. The van der Waals surface area contributed by atoms with Crippen LogP contribution in [0.3, 0.4) is 0 Å². The van der Waals surface area contributed by atoms with Crippen molar-refractivity contribution in [2.24, 2.45) is 0 Å². The number of methoxy groups -OCH3 is 1. The highest BCUT2D eigenvalue weighted by atomic mass is 35.5. The normalized spacial score (nSPS) is 15.6. The number of amides is 2. The predicted molar refractivity (Wildman–Crippen MR) is 110 cm³/mol. The Morgan fingerprint density at radius 3 is 2.28 bits per heavy atom. The van der Waals surface area contributed by atoms with Gasteiger partial charge in [0, 0.05) is 26.2 Å². The molecule has 0 N–H and O–H groups in total. The first-order valence-corrected chi connectivity index (χ1v) is 11.4. The van der Waals surface area contributed by atoms with Crippen molar-refractivity contribution in [2.75, 3.05) is 50.5 Å². The van der Waals surface area contributed by atoms with Gasteiger partial charge in [0.1, 0.15) is 11.8 Å². The molecule has 0 unspecified atom stereocenters. The molecule has 1 saturated heterocycles. The van der Waals surface area contributed by atoms with Gasteiger partial charge >= 0.3 is 6.09 Å². The quantitative estimate of drug-likeness (QED) is 0.659. The summed E-state index contributed by atoms with van der Waals surface area (Å²) in [6.45, 7) is 4.77. The topological polar surface area (TPSA) is 96.5 Å². The molecule has 9 nitrogen and oxygen atoms in total. The van der Waals surface area contributed by atoms with Crippen molar-refractivity contribution in [3.63, 3.8) is 0 Å². The van der Waals surface area contributed by atoms with Crippen LogP contribution in [-0.2, 0) is 19.6 Å². The van der Waals surface area contributed by atoms with Crippen LogP contribution in [-0.4, -0.2) is 82.4 Å². The standard InChI is InChI=1S/C18H26ClN3O6S/c1-5-28-18(24)21-10-8-20(9-11-21)17(23)13(2)22(29(4,25)26)14-6-7-16(27-3)15(19)12-14/h6-7,12-13H,5,8-11H2,1-4H3/t13-/m1/s1. The highest BCUT2D eigenvalue weighted by Gasteiger charge is 2.34. The molecular formula is C18H26ClN3O6S. The van der Waals surface area contributed by atoms with E-state index < -0.39 is 22.2 Å². The third kappa shape index (κ3) is 5.45. The summed E-state index contributed by atoms with van der Waals surface area (Å²) in [5, 5.41) is 0.237. The van der Waals surface area contributed by atoms with E-state index in [2.05, 4.69) is 0 Å². The summed E-state index contributed by atoms with van der Waals surface area (Å²) in [6.07, 6.45) is 0.617. The molecule has 0 saturated carbocycles. The van der Waals surface area contributed by atoms with Crippen molar-refractivity contribution < 1.29 is 27.5 Å². The van der Waals surface area contributed by atoms with Crippen LogP contribution in [0.2, 0.25) is 5.02 Å². The van der Waals surface area contributed by atoms with Gasteiger partial charge < -0.3 is 19.3 Å². The lowest BCUT2D eigenvalue weighted by Gasteiger charge is -2.37. The number of hydrogen-bond donors (Lipinski definition) is 0. The number of carbonyl (C=O) groups is 2. The number of carbonyl (C=O) groups excluding carboxylic acids is 2. The van der Waals surface area contributed by atoms with Crippen LogP contribution in [0.4, 0.5) is 10.5 Å².